The minimum Gasteiger partial charge on any atom is -0.479 e. The van der Waals surface area contributed by atoms with E-state index in [9.17, 15) is 9.59 Å². The summed E-state index contributed by atoms with van der Waals surface area (Å²) in [5.74, 6) is -0.768. The van der Waals surface area contributed by atoms with Crippen LogP contribution in [0.2, 0.25) is 0 Å². The molecule has 0 aliphatic carbocycles. The van der Waals surface area contributed by atoms with Gasteiger partial charge in [0.1, 0.15) is 5.75 Å². The number of benzene rings is 1. The van der Waals surface area contributed by atoms with E-state index in [-0.39, 0.29) is 5.91 Å². The lowest BCUT2D eigenvalue weighted by atomic mass is 10.2. The molecule has 1 aromatic rings. The van der Waals surface area contributed by atoms with Crippen LogP contribution >= 0.6 is 0 Å². The molecule has 1 atom stereocenters. The first-order valence-electron chi connectivity index (χ1n) is 6.44. The minimum atomic E-state index is -1.05. The van der Waals surface area contributed by atoms with Crippen LogP contribution in [0.5, 0.6) is 5.75 Å². The molecule has 0 spiro atoms. The normalized spacial score (nSPS) is 16.6. The number of hydrogen-bond acceptors (Lipinski definition) is 4. The largest absolute Gasteiger partial charge is 0.479 e. The molecular weight excluding hydrogens is 262 g/mol. The van der Waals surface area contributed by atoms with Crippen molar-refractivity contribution in [1.82, 2.24) is 4.90 Å². The van der Waals surface area contributed by atoms with Gasteiger partial charge in [-0.2, -0.15) is 0 Å². The zero-order valence-electron chi connectivity index (χ0n) is 11.2. The molecule has 1 saturated heterocycles. The number of aliphatic carboxylic acids is 1. The van der Waals surface area contributed by atoms with Gasteiger partial charge in [0, 0.05) is 18.7 Å². The van der Waals surface area contributed by atoms with Gasteiger partial charge in [-0.3, -0.25) is 4.79 Å². The van der Waals surface area contributed by atoms with Crippen LogP contribution in [-0.4, -0.2) is 54.3 Å². The number of morpholine rings is 1. The Morgan fingerprint density at radius 1 is 1.35 bits per heavy atom. The number of carboxylic acid groups (broad SMARTS) is 1. The van der Waals surface area contributed by atoms with E-state index in [0.717, 1.165) is 0 Å². The number of hydrogen-bond donors (Lipinski definition) is 1. The maximum absolute atomic E-state index is 12.3. The van der Waals surface area contributed by atoms with Gasteiger partial charge in [-0.15, -0.1) is 0 Å². The lowest BCUT2D eigenvalue weighted by Crippen LogP contribution is -2.40. The van der Waals surface area contributed by atoms with Gasteiger partial charge in [-0.05, 0) is 25.1 Å². The van der Waals surface area contributed by atoms with Crippen LogP contribution in [0.3, 0.4) is 0 Å². The lowest BCUT2D eigenvalue weighted by molar-refractivity contribution is -0.144. The number of carboxylic acids is 1. The van der Waals surface area contributed by atoms with E-state index >= 15 is 0 Å². The molecule has 1 heterocycles. The molecule has 1 aliphatic heterocycles. The minimum absolute atomic E-state index is 0.0956. The molecule has 108 valence electrons. The summed E-state index contributed by atoms with van der Waals surface area (Å²) in [7, 11) is 0. The molecule has 0 bridgehead atoms. The lowest BCUT2D eigenvalue weighted by Gasteiger charge is -2.27. The van der Waals surface area contributed by atoms with Crippen molar-refractivity contribution >= 4 is 11.9 Å². The van der Waals surface area contributed by atoms with Gasteiger partial charge in [-0.1, -0.05) is 6.07 Å². The monoisotopic (exact) mass is 279 g/mol. The average molecular weight is 279 g/mol. The predicted molar refractivity (Wildman–Crippen MR) is 70.9 cm³/mol. The summed E-state index contributed by atoms with van der Waals surface area (Å²) in [4.78, 5) is 24.7. The fourth-order valence-corrected chi connectivity index (χ4v) is 1.91. The van der Waals surface area contributed by atoms with E-state index in [0.29, 0.717) is 37.6 Å². The van der Waals surface area contributed by atoms with Gasteiger partial charge >= 0.3 is 5.97 Å². The first-order valence-corrected chi connectivity index (χ1v) is 6.44. The van der Waals surface area contributed by atoms with Crippen molar-refractivity contribution < 1.29 is 24.2 Å². The zero-order valence-corrected chi connectivity index (χ0v) is 11.2. The van der Waals surface area contributed by atoms with Crippen LogP contribution in [0.25, 0.3) is 0 Å². The van der Waals surface area contributed by atoms with Gasteiger partial charge in [0.2, 0.25) is 0 Å². The van der Waals surface area contributed by atoms with Crippen molar-refractivity contribution in [1.29, 1.82) is 0 Å². The van der Waals surface area contributed by atoms with Crippen LogP contribution in [0, 0.1) is 0 Å². The first kappa shape index (κ1) is 14.3. The van der Waals surface area contributed by atoms with E-state index in [1.54, 1.807) is 29.2 Å². The molecule has 1 fully saturated rings. The smallest absolute Gasteiger partial charge is 0.344 e. The summed E-state index contributed by atoms with van der Waals surface area (Å²) in [6.45, 7) is 3.65. The highest BCUT2D eigenvalue weighted by Crippen LogP contribution is 2.17. The molecule has 2 rings (SSSR count). The maximum atomic E-state index is 12.3. The third kappa shape index (κ3) is 3.48. The molecule has 1 N–H and O–H groups in total. The Hall–Kier alpha value is -2.08. The Morgan fingerprint density at radius 2 is 2.05 bits per heavy atom. The molecule has 1 aromatic carbocycles. The Bertz CT molecular complexity index is 496. The quantitative estimate of drug-likeness (QED) is 0.890. The Kier molecular flexibility index (Phi) is 4.57. The van der Waals surface area contributed by atoms with Crippen LogP contribution in [0.4, 0.5) is 0 Å². The predicted octanol–water partition coefficient (Wildman–Crippen LogP) is 1.01. The molecule has 6 nitrogen and oxygen atoms in total. The molecule has 6 heteroatoms. The molecule has 0 saturated carbocycles. The maximum Gasteiger partial charge on any atom is 0.344 e. The molecular formula is C14H17NO5. The number of nitrogens with zero attached hydrogens (tertiary/aromatic N) is 1. The number of ether oxygens (including phenoxy) is 2. The highest BCUT2D eigenvalue weighted by Gasteiger charge is 2.19. The standard InChI is InChI=1S/C14H17NO5/c1-10(14(17)18)20-12-4-2-3-11(9-12)13(16)15-5-7-19-8-6-15/h2-4,9-10H,5-8H2,1H3,(H,17,18). The van der Waals surface area contributed by atoms with Crippen molar-refractivity contribution in [2.75, 3.05) is 26.3 Å². The topological polar surface area (TPSA) is 76.1 Å². The fraction of sp³-hybridized carbons (Fsp3) is 0.429. The second kappa shape index (κ2) is 6.38. The molecule has 1 amide bonds. The summed E-state index contributed by atoms with van der Waals surface area (Å²) in [5, 5.41) is 8.81. The molecule has 1 unspecified atom stereocenters. The number of amides is 1. The highest BCUT2D eigenvalue weighted by atomic mass is 16.5. The number of rotatable bonds is 4. The van der Waals surface area contributed by atoms with Crippen molar-refractivity contribution in [3.63, 3.8) is 0 Å². The van der Waals surface area contributed by atoms with Crippen molar-refractivity contribution in [2.45, 2.75) is 13.0 Å². The van der Waals surface area contributed by atoms with E-state index in [1.165, 1.54) is 6.92 Å². The van der Waals surface area contributed by atoms with Crippen LogP contribution < -0.4 is 4.74 Å². The van der Waals surface area contributed by atoms with E-state index in [1.807, 2.05) is 0 Å². The molecule has 0 radical (unpaired) electrons. The van der Waals surface area contributed by atoms with Crippen molar-refractivity contribution in [3.05, 3.63) is 29.8 Å². The third-order valence-corrected chi connectivity index (χ3v) is 3.04. The van der Waals surface area contributed by atoms with Crippen molar-refractivity contribution in [3.8, 4) is 5.75 Å². The zero-order chi connectivity index (χ0) is 14.5. The molecule has 20 heavy (non-hydrogen) atoms. The van der Waals surface area contributed by atoms with E-state index in [4.69, 9.17) is 14.6 Å². The van der Waals surface area contributed by atoms with Crippen LogP contribution in [-0.2, 0) is 9.53 Å². The summed E-state index contributed by atoms with van der Waals surface area (Å²) in [6, 6.07) is 6.57. The fourth-order valence-electron chi connectivity index (χ4n) is 1.91. The van der Waals surface area contributed by atoms with E-state index < -0.39 is 12.1 Å². The Labute approximate surface area is 116 Å². The molecule has 1 aliphatic rings. The number of carbonyl (C=O) groups excluding carboxylic acids is 1. The second-order valence-corrected chi connectivity index (χ2v) is 4.53. The summed E-state index contributed by atoms with van der Waals surface area (Å²) in [6.07, 6.45) is -0.955. The van der Waals surface area contributed by atoms with Gasteiger partial charge in [0.15, 0.2) is 6.10 Å². The highest BCUT2D eigenvalue weighted by molar-refractivity contribution is 5.94. The number of carbonyl (C=O) groups is 2. The average Bonchev–Trinajstić information content (AvgIpc) is 2.47. The summed E-state index contributed by atoms with van der Waals surface area (Å²) in [5.41, 5.74) is 0.488. The van der Waals surface area contributed by atoms with Gasteiger partial charge in [-0.25, -0.2) is 4.79 Å². The molecule has 0 aromatic heterocycles. The SMILES string of the molecule is CC(Oc1cccc(C(=O)N2CCOCC2)c1)C(=O)O. The van der Waals surface area contributed by atoms with Gasteiger partial charge in [0.25, 0.3) is 5.91 Å². The Balaban J connectivity index is 2.08. The van der Waals surface area contributed by atoms with Crippen molar-refractivity contribution in [2.24, 2.45) is 0 Å². The van der Waals surface area contributed by atoms with E-state index in [2.05, 4.69) is 0 Å². The summed E-state index contributed by atoms with van der Waals surface area (Å²) < 4.78 is 10.5. The second-order valence-electron chi connectivity index (χ2n) is 4.53. The first-order chi connectivity index (χ1) is 9.58. The Morgan fingerprint density at radius 3 is 2.70 bits per heavy atom. The van der Waals surface area contributed by atoms with Crippen LogP contribution in [0.1, 0.15) is 17.3 Å². The van der Waals surface area contributed by atoms with Crippen LogP contribution in [0.15, 0.2) is 24.3 Å². The van der Waals surface area contributed by atoms with Gasteiger partial charge < -0.3 is 19.5 Å². The third-order valence-electron chi connectivity index (χ3n) is 3.04. The summed E-state index contributed by atoms with van der Waals surface area (Å²) >= 11 is 0. The van der Waals surface area contributed by atoms with Gasteiger partial charge in [0.05, 0.1) is 13.2 Å².